The molecule has 0 radical (unpaired) electrons. The van der Waals surface area contributed by atoms with Crippen LogP contribution < -0.4 is 16.4 Å². The van der Waals surface area contributed by atoms with Gasteiger partial charge in [0, 0.05) is 38.2 Å². The first-order valence-corrected chi connectivity index (χ1v) is 20.0. The first-order valence-electron chi connectivity index (χ1n) is 19.6. The molecule has 0 aliphatic carbocycles. The summed E-state index contributed by atoms with van der Waals surface area (Å²) in [6, 6.07) is 8.26. The number of nitrogens with two attached hydrogens (primary N) is 1. The molecule has 3 aliphatic rings. The summed E-state index contributed by atoms with van der Waals surface area (Å²) in [5.74, 6) is -2.47. The van der Waals surface area contributed by atoms with Crippen molar-refractivity contribution in [2.45, 2.75) is 109 Å². The molecule has 3 atom stereocenters. The van der Waals surface area contributed by atoms with Crippen molar-refractivity contribution < 1.29 is 42.7 Å². The van der Waals surface area contributed by atoms with Gasteiger partial charge in [-0.25, -0.2) is 14.0 Å². The molecule has 3 aliphatic heterocycles. The molecule has 0 aromatic heterocycles. The fourth-order valence-corrected chi connectivity index (χ4v) is 7.40. The van der Waals surface area contributed by atoms with E-state index >= 15 is 0 Å². The second-order valence-corrected chi connectivity index (χ2v) is 17.1. The average molecular weight is 825 g/mol. The number of rotatable bonds is 13. The summed E-state index contributed by atoms with van der Waals surface area (Å²) < 4.78 is 25.5. The van der Waals surface area contributed by atoms with E-state index in [1.54, 1.807) is 47.6 Å². The van der Waals surface area contributed by atoms with Gasteiger partial charge in [0.1, 0.15) is 23.3 Å². The van der Waals surface area contributed by atoms with Crippen LogP contribution in [0.2, 0.25) is 5.02 Å². The molecule has 2 aromatic carbocycles. The van der Waals surface area contributed by atoms with E-state index in [2.05, 4.69) is 21.9 Å². The molecule has 14 nitrogen and oxygen atoms in total. The number of carbonyl (C=O) groups is 5. The van der Waals surface area contributed by atoms with E-state index in [4.69, 9.17) is 31.6 Å². The van der Waals surface area contributed by atoms with Crippen LogP contribution in [0.5, 0.6) is 0 Å². The number of benzene rings is 2. The van der Waals surface area contributed by atoms with E-state index in [0.29, 0.717) is 57.3 Å². The lowest BCUT2D eigenvalue weighted by Gasteiger charge is -2.37. The highest BCUT2D eigenvalue weighted by atomic mass is 35.5. The van der Waals surface area contributed by atoms with Crippen molar-refractivity contribution in [2.24, 2.45) is 10.9 Å². The van der Waals surface area contributed by atoms with Gasteiger partial charge in [-0.05, 0) is 108 Å². The minimum absolute atomic E-state index is 0.0117. The zero-order chi connectivity index (χ0) is 42.4. The van der Waals surface area contributed by atoms with Crippen LogP contribution in [0.25, 0.3) is 5.57 Å². The maximum atomic E-state index is 14.7. The smallest absolute Gasteiger partial charge is 0.408 e. The van der Waals surface area contributed by atoms with Gasteiger partial charge in [0.2, 0.25) is 17.9 Å². The van der Waals surface area contributed by atoms with E-state index in [-0.39, 0.29) is 41.7 Å². The zero-order valence-corrected chi connectivity index (χ0v) is 34.7. The van der Waals surface area contributed by atoms with Crippen molar-refractivity contribution in [1.29, 1.82) is 0 Å². The molecule has 5 rings (SSSR count). The number of oxime groups is 1. The molecule has 0 saturated carbocycles. The number of nitrogens with one attached hydrogen (secondary N) is 2. The Morgan fingerprint density at radius 2 is 1.69 bits per heavy atom. The first-order chi connectivity index (χ1) is 27.3. The third-order valence-corrected chi connectivity index (χ3v) is 10.1. The quantitative estimate of drug-likeness (QED) is 0.181. The van der Waals surface area contributed by atoms with Gasteiger partial charge in [0.25, 0.3) is 5.91 Å². The summed E-state index contributed by atoms with van der Waals surface area (Å²) in [5.41, 5.74) is 8.52. The number of amides is 4. The van der Waals surface area contributed by atoms with Gasteiger partial charge >= 0.3 is 12.1 Å². The Bertz CT molecular complexity index is 1960. The van der Waals surface area contributed by atoms with Crippen molar-refractivity contribution >= 4 is 52.7 Å². The zero-order valence-electron chi connectivity index (χ0n) is 34.0. The maximum absolute atomic E-state index is 14.7. The van der Waals surface area contributed by atoms with Crippen LogP contribution in [-0.2, 0) is 39.9 Å². The van der Waals surface area contributed by atoms with Crippen LogP contribution in [-0.4, -0.2) is 101 Å². The molecule has 0 fully saturated rings. The summed E-state index contributed by atoms with van der Waals surface area (Å²) in [7, 11) is 0. The van der Waals surface area contributed by atoms with Crippen molar-refractivity contribution in [3.63, 3.8) is 0 Å². The van der Waals surface area contributed by atoms with Gasteiger partial charge in [0.05, 0.1) is 17.3 Å². The maximum Gasteiger partial charge on any atom is 0.408 e. The largest absolute Gasteiger partial charge is 0.458 e. The Morgan fingerprint density at radius 1 is 0.983 bits per heavy atom. The molecule has 4 N–H and O–H groups in total. The highest BCUT2D eigenvalue weighted by Gasteiger charge is 2.41. The van der Waals surface area contributed by atoms with Crippen molar-refractivity contribution in [1.82, 2.24) is 20.4 Å². The number of ether oxygens (including phenoxy) is 2. The summed E-state index contributed by atoms with van der Waals surface area (Å²) in [4.78, 5) is 73.6. The Hall–Kier alpha value is -5.02. The molecule has 0 spiro atoms. The number of carbonyl (C=O) groups excluding carboxylic acids is 5. The molecule has 0 saturated heterocycles. The molecular formula is C42H54ClFN6O8. The number of hydrogen-bond donors (Lipinski definition) is 3. The fourth-order valence-electron chi connectivity index (χ4n) is 7.23. The monoisotopic (exact) mass is 824 g/mol. The standard InChI is InChI=1S/C42H54ClFN6O8/c1-41(2,3)56-39(54)31(47-40(55)57-42(4,5)6)15-7-8-19-46-34(51)24-49-20-16-25(17-21-49)26-11-9-12-28-27(26)18-22-50(36(28)37(45)52)38(53)33-23-32(48-58-33)29-13-10-14-30(43)35(29)44/h9-14,16,31,33,36H,7-8,15,17-24H2,1-6H3,(H2,45,52)(H,46,51)(H,47,55)/t31-,33+,36-/m0/s1. The number of hydrogen-bond acceptors (Lipinski definition) is 10. The minimum atomic E-state index is -1.05. The number of fused-ring (bicyclic) bond motifs is 1. The highest BCUT2D eigenvalue weighted by Crippen LogP contribution is 2.37. The lowest BCUT2D eigenvalue weighted by Crippen LogP contribution is -2.49. The van der Waals surface area contributed by atoms with Gasteiger partial charge in [-0.1, -0.05) is 47.1 Å². The first kappa shape index (κ1) is 44.1. The molecule has 0 bridgehead atoms. The predicted octanol–water partition coefficient (Wildman–Crippen LogP) is 5.19. The molecule has 314 valence electrons. The molecule has 58 heavy (non-hydrogen) atoms. The average Bonchev–Trinajstić information content (AvgIpc) is 3.63. The Labute approximate surface area is 343 Å². The van der Waals surface area contributed by atoms with Crippen LogP contribution in [0.3, 0.4) is 0 Å². The summed E-state index contributed by atoms with van der Waals surface area (Å²) >= 11 is 5.94. The SMILES string of the molecule is CC(C)(C)OC(=O)N[C@@H](CCCCNC(=O)CN1CC=C(c2cccc3c2CCN(C(=O)[C@H]2CC(c4cccc(Cl)c4F)=NO2)[C@@H]3C(N)=O)CC1)C(=O)OC(C)(C)C. The lowest BCUT2D eigenvalue weighted by molar-refractivity contribution is -0.157. The van der Waals surface area contributed by atoms with E-state index in [1.165, 1.54) is 17.0 Å². The van der Waals surface area contributed by atoms with E-state index < -0.39 is 59.1 Å². The highest BCUT2D eigenvalue weighted by molar-refractivity contribution is 6.31. The third-order valence-electron chi connectivity index (χ3n) is 9.81. The van der Waals surface area contributed by atoms with Gasteiger partial charge in [-0.3, -0.25) is 19.3 Å². The number of primary amides is 1. The molecule has 0 unspecified atom stereocenters. The lowest BCUT2D eigenvalue weighted by atomic mass is 9.84. The fraction of sp³-hybridized carbons (Fsp3) is 0.524. The summed E-state index contributed by atoms with van der Waals surface area (Å²) in [6.07, 6.45) is 2.94. The minimum Gasteiger partial charge on any atom is -0.458 e. The molecule has 2 aromatic rings. The van der Waals surface area contributed by atoms with Crippen LogP contribution >= 0.6 is 11.6 Å². The number of halogens is 2. The molecule has 4 amide bonds. The van der Waals surface area contributed by atoms with Gasteiger partial charge in [-0.2, -0.15) is 0 Å². The van der Waals surface area contributed by atoms with Crippen LogP contribution in [0.4, 0.5) is 9.18 Å². The topological polar surface area (TPSA) is 182 Å². The number of nitrogens with zero attached hydrogens (tertiary/aromatic N) is 3. The van der Waals surface area contributed by atoms with Crippen molar-refractivity contribution in [2.75, 3.05) is 32.7 Å². The van der Waals surface area contributed by atoms with Crippen molar-refractivity contribution in [3.8, 4) is 0 Å². The number of esters is 1. The van der Waals surface area contributed by atoms with Crippen LogP contribution in [0.15, 0.2) is 47.6 Å². The van der Waals surface area contributed by atoms with Gasteiger partial charge in [0.15, 0.2) is 5.82 Å². The van der Waals surface area contributed by atoms with E-state index in [9.17, 15) is 28.4 Å². The van der Waals surface area contributed by atoms with Gasteiger partial charge < -0.3 is 35.6 Å². The summed E-state index contributed by atoms with van der Waals surface area (Å²) in [6.45, 7) is 12.5. The predicted molar refractivity (Wildman–Crippen MR) is 216 cm³/mol. The Balaban J connectivity index is 1.12. The Morgan fingerprint density at radius 3 is 2.36 bits per heavy atom. The van der Waals surface area contributed by atoms with Crippen molar-refractivity contribution in [3.05, 3.63) is 75.6 Å². The van der Waals surface area contributed by atoms with Crippen LogP contribution in [0.1, 0.15) is 102 Å². The summed E-state index contributed by atoms with van der Waals surface area (Å²) in [5, 5.41) is 9.47. The molecular weight excluding hydrogens is 771 g/mol. The second kappa shape index (κ2) is 18.7. The number of alkyl carbamates (subject to hydrolysis) is 1. The third kappa shape index (κ3) is 11.6. The normalized spacial score (nSPS) is 18.9. The van der Waals surface area contributed by atoms with E-state index in [0.717, 1.165) is 16.7 Å². The molecule has 16 heteroatoms. The van der Waals surface area contributed by atoms with Crippen LogP contribution in [0, 0.1) is 5.82 Å². The molecule has 3 heterocycles. The second-order valence-electron chi connectivity index (χ2n) is 16.7. The Kier molecular flexibility index (Phi) is 14.2. The van der Waals surface area contributed by atoms with Gasteiger partial charge in [-0.15, -0.1) is 0 Å². The van der Waals surface area contributed by atoms with E-state index in [1.807, 2.05) is 23.1 Å². The number of unbranched alkanes of at least 4 members (excludes halogenated alkanes) is 1.